The van der Waals surface area contributed by atoms with Gasteiger partial charge in [-0.25, -0.2) is 0 Å². The highest BCUT2D eigenvalue weighted by Gasteiger charge is 2.48. The van der Waals surface area contributed by atoms with Crippen LogP contribution in [0.15, 0.2) is 59.8 Å². The van der Waals surface area contributed by atoms with E-state index in [9.17, 15) is 0 Å². The Labute approximate surface area is 162 Å². The van der Waals surface area contributed by atoms with Crippen LogP contribution in [-0.2, 0) is 0 Å². The van der Waals surface area contributed by atoms with Crippen LogP contribution < -0.4 is 0 Å². The Kier molecular flexibility index (Phi) is 6.94. The second-order valence-corrected chi connectivity index (χ2v) is 8.84. The van der Waals surface area contributed by atoms with Crippen molar-refractivity contribution in [3.05, 3.63) is 59.8 Å². The lowest BCUT2D eigenvalue weighted by molar-refractivity contribution is 0.237. The van der Waals surface area contributed by atoms with Gasteiger partial charge in [-0.15, -0.1) is 6.58 Å². The highest BCUT2D eigenvalue weighted by molar-refractivity contribution is 5.52. The van der Waals surface area contributed by atoms with Crippen molar-refractivity contribution in [1.29, 1.82) is 0 Å². The molecule has 0 aliphatic heterocycles. The minimum Gasteiger partial charge on any atom is -0.103 e. The van der Waals surface area contributed by atoms with Gasteiger partial charge in [0.05, 0.1) is 0 Å². The topological polar surface area (TPSA) is 0 Å². The third-order valence-corrected chi connectivity index (χ3v) is 7.34. The standard InChI is InChI=1S/C22H32.C4H8/c1-6-8-17-10-11-18-19-12-9-16(3)21(19,4)15-13-20(18)22(17,5)14-7-2;1-3-4-2/h6,8,12,16H,1,7,9-11,13-15H2,2-5H3;3H,1,4H2,2H3/b17-8-;. The molecule has 0 saturated heterocycles. The molecule has 0 bridgehead atoms. The summed E-state index contributed by atoms with van der Waals surface area (Å²) in [6.07, 6.45) is 18.8. The van der Waals surface area contributed by atoms with E-state index in [2.05, 4.69) is 59.9 Å². The molecule has 3 rings (SSSR count). The zero-order valence-corrected chi connectivity index (χ0v) is 18.0. The number of hydrogen-bond acceptors (Lipinski definition) is 0. The average Bonchev–Trinajstić information content (AvgIpc) is 2.93. The fraction of sp³-hybridized carbons (Fsp3) is 0.615. The zero-order valence-electron chi connectivity index (χ0n) is 18.0. The highest BCUT2D eigenvalue weighted by atomic mass is 14.5. The highest BCUT2D eigenvalue weighted by Crippen LogP contribution is 2.61. The van der Waals surface area contributed by atoms with Crippen LogP contribution in [0.4, 0.5) is 0 Å². The molecule has 0 heteroatoms. The molecule has 0 N–H and O–H groups in total. The molecule has 3 aliphatic carbocycles. The molecule has 0 nitrogen and oxygen atoms in total. The van der Waals surface area contributed by atoms with Crippen molar-refractivity contribution in [3.8, 4) is 0 Å². The van der Waals surface area contributed by atoms with E-state index in [0.717, 1.165) is 12.3 Å². The molecule has 0 saturated carbocycles. The van der Waals surface area contributed by atoms with E-state index in [1.54, 1.807) is 22.3 Å². The summed E-state index contributed by atoms with van der Waals surface area (Å²) in [4.78, 5) is 0. The maximum absolute atomic E-state index is 3.95. The van der Waals surface area contributed by atoms with Crippen molar-refractivity contribution in [3.63, 3.8) is 0 Å². The van der Waals surface area contributed by atoms with E-state index in [1.807, 2.05) is 12.2 Å². The summed E-state index contributed by atoms with van der Waals surface area (Å²) in [6.45, 7) is 19.3. The van der Waals surface area contributed by atoms with Crippen LogP contribution in [0.25, 0.3) is 0 Å². The summed E-state index contributed by atoms with van der Waals surface area (Å²) in [6, 6.07) is 0. The van der Waals surface area contributed by atoms with Crippen molar-refractivity contribution < 1.29 is 0 Å². The quantitative estimate of drug-likeness (QED) is 0.446. The van der Waals surface area contributed by atoms with Crippen LogP contribution in [0.5, 0.6) is 0 Å². The summed E-state index contributed by atoms with van der Waals surface area (Å²) in [5.41, 5.74) is 7.59. The number of allylic oxidation sites excluding steroid dienone is 8. The van der Waals surface area contributed by atoms with Crippen LogP contribution in [0.1, 0.15) is 86.0 Å². The van der Waals surface area contributed by atoms with Gasteiger partial charge in [-0.2, -0.15) is 0 Å². The van der Waals surface area contributed by atoms with Crippen LogP contribution in [0.3, 0.4) is 0 Å². The monoisotopic (exact) mass is 352 g/mol. The van der Waals surface area contributed by atoms with Gasteiger partial charge in [0, 0.05) is 5.41 Å². The van der Waals surface area contributed by atoms with Crippen molar-refractivity contribution in [1.82, 2.24) is 0 Å². The first-order valence-corrected chi connectivity index (χ1v) is 10.7. The number of fused-ring (bicyclic) bond motifs is 2. The molecule has 3 aliphatic rings. The lowest BCUT2D eigenvalue weighted by Gasteiger charge is -2.48. The molecular weight excluding hydrogens is 312 g/mol. The molecule has 144 valence electrons. The molecule has 0 radical (unpaired) electrons. The number of hydrogen-bond donors (Lipinski definition) is 0. The van der Waals surface area contributed by atoms with Gasteiger partial charge < -0.3 is 0 Å². The van der Waals surface area contributed by atoms with Gasteiger partial charge in [0.15, 0.2) is 0 Å². The largest absolute Gasteiger partial charge is 0.103 e. The molecule has 0 amide bonds. The second kappa shape index (κ2) is 8.59. The van der Waals surface area contributed by atoms with Gasteiger partial charge >= 0.3 is 0 Å². The Morgan fingerprint density at radius 3 is 2.42 bits per heavy atom. The van der Waals surface area contributed by atoms with Gasteiger partial charge in [0.1, 0.15) is 0 Å². The first kappa shape index (κ1) is 21.0. The van der Waals surface area contributed by atoms with Crippen LogP contribution in [0.2, 0.25) is 0 Å². The lowest BCUT2D eigenvalue weighted by Crippen LogP contribution is -2.35. The zero-order chi connectivity index (χ0) is 19.4. The van der Waals surface area contributed by atoms with Gasteiger partial charge in [-0.1, -0.05) is 83.1 Å². The Balaban J connectivity index is 0.000000552. The summed E-state index contributed by atoms with van der Waals surface area (Å²) < 4.78 is 0. The van der Waals surface area contributed by atoms with E-state index in [-0.39, 0.29) is 5.41 Å². The Hall–Kier alpha value is -1.30. The van der Waals surface area contributed by atoms with E-state index >= 15 is 0 Å². The summed E-state index contributed by atoms with van der Waals surface area (Å²) in [7, 11) is 0. The molecule has 0 spiro atoms. The fourth-order valence-electron chi connectivity index (χ4n) is 5.45. The van der Waals surface area contributed by atoms with E-state index in [0.29, 0.717) is 5.41 Å². The molecule has 0 heterocycles. The lowest BCUT2D eigenvalue weighted by atomic mass is 9.56. The van der Waals surface area contributed by atoms with Crippen molar-refractivity contribution >= 4 is 0 Å². The molecule has 26 heavy (non-hydrogen) atoms. The predicted octanol–water partition coefficient (Wildman–Crippen LogP) is 8.34. The van der Waals surface area contributed by atoms with Gasteiger partial charge in [-0.3, -0.25) is 0 Å². The SMILES string of the molecule is C=C/C=C1/CCC2=C(CCC3(C)C2=CCC3C)C1(C)CCC.C=CCC. The van der Waals surface area contributed by atoms with Gasteiger partial charge in [-0.05, 0) is 67.4 Å². The van der Waals surface area contributed by atoms with Crippen LogP contribution >= 0.6 is 0 Å². The molecular formula is C26H40. The third-order valence-electron chi connectivity index (χ3n) is 7.34. The molecule has 0 aromatic carbocycles. The van der Waals surface area contributed by atoms with Crippen molar-refractivity contribution in [2.24, 2.45) is 16.7 Å². The molecule has 0 aromatic rings. The first-order chi connectivity index (χ1) is 12.4. The van der Waals surface area contributed by atoms with Crippen molar-refractivity contribution in [2.75, 3.05) is 0 Å². The Bertz CT molecular complexity index is 626. The summed E-state index contributed by atoms with van der Waals surface area (Å²) in [5.74, 6) is 0.819. The third kappa shape index (κ3) is 3.57. The summed E-state index contributed by atoms with van der Waals surface area (Å²) in [5, 5.41) is 0. The smallest absolute Gasteiger partial charge is 0.0101 e. The van der Waals surface area contributed by atoms with Crippen LogP contribution in [-0.4, -0.2) is 0 Å². The van der Waals surface area contributed by atoms with E-state index in [1.165, 1.54) is 44.9 Å². The maximum Gasteiger partial charge on any atom is 0.0101 e. The number of rotatable bonds is 4. The predicted molar refractivity (Wildman–Crippen MR) is 117 cm³/mol. The van der Waals surface area contributed by atoms with E-state index in [4.69, 9.17) is 0 Å². The maximum atomic E-state index is 3.95. The first-order valence-electron chi connectivity index (χ1n) is 10.7. The summed E-state index contributed by atoms with van der Waals surface area (Å²) >= 11 is 0. The second-order valence-electron chi connectivity index (χ2n) is 8.84. The molecule has 3 unspecified atom stereocenters. The van der Waals surface area contributed by atoms with Crippen LogP contribution in [0, 0.1) is 16.7 Å². The minimum atomic E-state index is 0.282. The average molecular weight is 353 g/mol. The van der Waals surface area contributed by atoms with Crippen molar-refractivity contribution in [2.45, 2.75) is 86.0 Å². The normalized spacial score (nSPS) is 34.4. The molecule has 0 aromatic heterocycles. The molecule has 0 fully saturated rings. The van der Waals surface area contributed by atoms with Gasteiger partial charge in [0.25, 0.3) is 0 Å². The molecule has 3 atom stereocenters. The van der Waals surface area contributed by atoms with E-state index < -0.39 is 0 Å². The Morgan fingerprint density at radius 1 is 1.15 bits per heavy atom. The Morgan fingerprint density at radius 2 is 1.85 bits per heavy atom. The van der Waals surface area contributed by atoms with Gasteiger partial charge in [0.2, 0.25) is 0 Å². The minimum absolute atomic E-state index is 0.282. The fourth-order valence-corrected chi connectivity index (χ4v) is 5.45.